The predicted octanol–water partition coefficient (Wildman–Crippen LogP) is 3.96. The standard InChI is InChI=1S/C23H27N5/c1-16-22(17(2)28(27-16)15-18-7-4-3-5-8-18)14-25-23(24)26-21-12-11-19-9-6-10-20(19)13-21/h3-5,7-8,11-13H,6,9-10,14-15H2,1-2H3,(H3,24,25,26). The van der Waals surface area contributed by atoms with Gasteiger partial charge in [0.05, 0.1) is 18.8 Å². The van der Waals surface area contributed by atoms with Crippen molar-refractivity contribution >= 4 is 11.6 Å². The molecule has 1 heterocycles. The van der Waals surface area contributed by atoms with Gasteiger partial charge in [0.15, 0.2) is 5.96 Å². The minimum atomic E-state index is 0.438. The quantitative estimate of drug-likeness (QED) is 0.525. The van der Waals surface area contributed by atoms with Crippen molar-refractivity contribution in [2.45, 2.75) is 46.2 Å². The molecule has 1 aliphatic rings. The molecule has 1 aliphatic carbocycles. The van der Waals surface area contributed by atoms with Crippen LogP contribution in [0.1, 0.15) is 40.1 Å². The molecule has 0 bridgehead atoms. The van der Waals surface area contributed by atoms with Crippen molar-refractivity contribution < 1.29 is 0 Å². The zero-order valence-corrected chi connectivity index (χ0v) is 16.6. The third kappa shape index (κ3) is 3.93. The molecule has 0 aliphatic heterocycles. The van der Waals surface area contributed by atoms with Gasteiger partial charge in [-0.1, -0.05) is 36.4 Å². The van der Waals surface area contributed by atoms with Crippen LogP contribution in [-0.2, 0) is 25.9 Å². The van der Waals surface area contributed by atoms with Crippen LogP contribution in [0.2, 0.25) is 0 Å². The van der Waals surface area contributed by atoms with Crippen molar-refractivity contribution in [1.82, 2.24) is 9.78 Å². The lowest BCUT2D eigenvalue weighted by molar-refractivity contribution is 0.658. The Morgan fingerprint density at radius 2 is 1.89 bits per heavy atom. The lowest BCUT2D eigenvalue weighted by atomic mass is 10.1. The van der Waals surface area contributed by atoms with E-state index in [0.29, 0.717) is 12.5 Å². The van der Waals surface area contributed by atoms with Crippen molar-refractivity contribution in [1.29, 1.82) is 0 Å². The second kappa shape index (κ2) is 7.89. The van der Waals surface area contributed by atoms with Crippen molar-refractivity contribution in [2.75, 3.05) is 5.32 Å². The Hall–Kier alpha value is -3.08. The summed E-state index contributed by atoms with van der Waals surface area (Å²) in [6, 6.07) is 16.8. The summed E-state index contributed by atoms with van der Waals surface area (Å²) in [7, 11) is 0. The second-order valence-electron chi connectivity index (χ2n) is 7.46. The first-order valence-electron chi connectivity index (χ1n) is 9.85. The van der Waals surface area contributed by atoms with E-state index in [9.17, 15) is 0 Å². The summed E-state index contributed by atoms with van der Waals surface area (Å²) in [5.74, 6) is 0.438. The van der Waals surface area contributed by atoms with Crippen LogP contribution in [0.25, 0.3) is 0 Å². The zero-order valence-electron chi connectivity index (χ0n) is 16.6. The molecule has 0 saturated carbocycles. The summed E-state index contributed by atoms with van der Waals surface area (Å²) in [6.45, 7) is 5.41. The minimum absolute atomic E-state index is 0.438. The van der Waals surface area contributed by atoms with Crippen LogP contribution in [0.15, 0.2) is 53.5 Å². The molecular weight excluding hydrogens is 346 g/mol. The number of aryl methyl sites for hydroxylation is 3. The topological polar surface area (TPSA) is 68.2 Å². The molecule has 3 N–H and O–H groups in total. The fourth-order valence-corrected chi connectivity index (χ4v) is 3.87. The van der Waals surface area contributed by atoms with Gasteiger partial charge in [-0.25, -0.2) is 4.99 Å². The number of rotatable bonds is 5. The molecule has 3 aromatic rings. The summed E-state index contributed by atoms with van der Waals surface area (Å²) >= 11 is 0. The molecule has 1 aromatic heterocycles. The van der Waals surface area contributed by atoms with E-state index < -0.39 is 0 Å². The van der Waals surface area contributed by atoms with Crippen LogP contribution in [0.4, 0.5) is 5.69 Å². The molecule has 28 heavy (non-hydrogen) atoms. The number of hydrogen-bond donors (Lipinski definition) is 2. The van der Waals surface area contributed by atoms with Gasteiger partial charge in [0.25, 0.3) is 0 Å². The van der Waals surface area contributed by atoms with E-state index in [4.69, 9.17) is 10.8 Å². The van der Waals surface area contributed by atoms with Crippen molar-refractivity contribution in [3.05, 3.63) is 82.2 Å². The number of aromatic nitrogens is 2. The zero-order chi connectivity index (χ0) is 19.5. The smallest absolute Gasteiger partial charge is 0.193 e. The number of fused-ring (bicyclic) bond motifs is 1. The van der Waals surface area contributed by atoms with Gasteiger partial charge in [-0.05, 0) is 61.9 Å². The minimum Gasteiger partial charge on any atom is -0.370 e. The maximum absolute atomic E-state index is 6.14. The van der Waals surface area contributed by atoms with Crippen LogP contribution in [0, 0.1) is 13.8 Å². The van der Waals surface area contributed by atoms with Gasteiger partial charge < -0.3 is 11.1 Å². The molecule has 0 radical (unpaired) electrons. The molecule has 0 unspecified atom stereocenters. The Balaban J connectivity index is 1.45. The van der Waals surface area contributed by atoms with Crippen molar-refractivity contribution in [3.8, 4) is 0 Å². The molecule has 2 aromatic carbocycles. The second-order valence-corrected chi connectivity index (χ2v) is 7.46. The molecule has 5 heteroatoms. The molecular formula is C23H27N5. The van der Waals surface area contributed by atoms with Crippen LogP contribution >= 0.6 is 0 Å². The van der Waals surface area contributed by atoms with E-state index in [0.717, 1.165) is 35.6 Å². The van der Waals surface area contributed by atoms with E-state index in [2.05, 4.69) is 59.7 Å². The summed E-state index contributed by atoms with van der Waals surface area (Å²) in [4.78, 5) is 4.56. The van der Waals surface area contributed by atoms with Crippen molar-refractivity contribution in [3.63, 3.8) is 0 Å². The Morgan fingerprint density at radius 1 is 1.11 bits per heavy atom. The average Bonchev–Trinajstić information content (AvgIpc) is 3.25. The van der Waals surface area contributed by atoms with Gasteiger partial charge >= 0.3 is 0 Å². The largest absolute Gasteiger partial charge is 0.370 e. The summed E-state index contributed by atoms with van der Waals surface area (Å²) in [6.07, 6.45) is 3.58. The number of nitrogens with zero attached hydrogens (tertiary/aromatic N) is 3. The number of nitrogens with one attached hydrogen (secondary N) is 1. The third-order valence-corrected chi connectivity index (χ3v) is 5.48. The van der Waals surface area contributed by atoms with Gasteiger partial charge in [-0.15, -0.1) is 0 Å². The Kier molecular flexibility index (Phi) is 5.15. The van der Waals surface area contributed by atoms with E-state index in [1.807, 2.05) is 17.7 Å². The number of nitrogens with two attached hydrogens (primary N) is 1. The van der Waals surface area contributed by atoms with Gasteiger partial charge in [-0.2, -0.15) is 5.10 Å². The van der Waals surface area contributed by atoms with E-state index in [1.165, 1.54) is 29.5 Å². The van der Waals surface area contributed by atoms with Crippen LogP contribution in [0.3, 0.4) is 0 Å². The van der Waals surface area contributed by atoms with Crippen LogP contribution in [0.5, 0.6) is 0 Å². The Labute approximate surface area is 166 Å². The van der Waals surface area contributed by atoms with Crippen LogP contribution < -0.4 is 11.1 Å². The highest BCUT2D eigenvalue weighted by Crippen LogP contribution is 2.24. The van der Waals surface area contributed by atoms with Gasteiger partial charge in [-0.3, -0.25) is 4.68 Å². The fraction of sp³-hybridized carbons (Fsp3) is 0.304. The SMILES string of the molecule is Cc1nn(Cc2ccccc2)c(C)c1CN=C(N)Nc1ccc2c(c1)CCC2. The van der Waals surface area contributed by atoms with E-state index >= 15 is 0 Å². The monoisotopic (exact) mass is 373 g/mol. The number of benzene rings is 2. The van der Waals surface area contributed by atoms with E-state index in [-0.39, 0.29) is 0 Å². The first-order chi connectivity index (χ1) is 13.6. The molecule has 5 nitrogen and oxygen atoms in total. The third-order valence-electron chi connectivity index (χ3n) is 5.48. The highest BCUT2D eigenvalue weighted by Gasteiger charge is 2.13. The van der Waals surface area contributed by atoms with Crippen LogP contribution in [-0.4, -0.2) is 15.7 Å². The van der Waals surface area contributed by atoms with Crippen molar-refractivity contribution in [2.24, 2.45) is 10.7 Å². The molecule has 144 valence electrons. The maximum Gasteiger partial charge on any atom is 0.193 e. The molecule has 0 saturated heterocycles. The van der Waals surface area contributed by atoms with E-state index in [1.54, 1.807) is 0 Å². The highest BCUT2D eigenvalue weighted by atomic mass is 15.3. The normalized spacial score (nSPS) is 13.6. The molecule has 0 atom stereocenters. The lowest BCUT2D eigenvalue weighted by Crippen LogP contribution is -2.22. The highest BCUT2D eigenvalue weighted by molar-refractivity contribution is 5.92. The number of aliphatic imine (C=N–C) groups is 1. The maximum atomic E-state index is 6.14. The summed E-state index contributed by atoms with van der Waals surface area (Å²) in [5.41, 5.74) is 14.5. The summed E-state index contributed by atoms with van der Waals surface area (Å²) < 4.78 is 2.04. The van der Waals surface area contributed by atoms with Gasteiger partial charge in [0.1, 0.15) is 0 Å². The Bertz CT molecular complexity index is 1000. The number of guanidine groups is 1. The number of anilines is 1. The molecule has 0 amide bonds. The molecule has 0 fully saturated rings. The lowest BCUT2D eigenvalue weighted by Gasteiger charge is -2.08. The number of hydrogen-bond acceptors (Lipinski definition) is 2. The Morgan fingerprint density at radius 3 is 2.71 bits per heavy atom. The summed E-state index contributed by atoms with van der Waals surface area (Å²) in [5, 5.41) is 7.92. The average molecular weight is 374 g/mol. The molecule has 4 rings (SSSR count). The first kappa shape index (κ1) is 18.3. The van der Waals surface area contributed by atoms with Gasteiger partial charge in [0, 0.05) is 16.9 Å². The predicted molar refractivity (Wildman–Crippen MR) is 115 cm³/mol. The van der Waals surface area contributed by atoms with Gasteiger partial charge in [0.2, 0.25) is 0 Å². The molecule has 0 spiro atoms. The first-order valence-corrected chi connectivity index (χ1v) is 9.85. The fourth-order valence-electron chi connectivity index (χ4n) is 3.87.